The molecule has 5 rings (SSSR count). The SMILES string of the molecule is O=C1C[C@H](C(=O)N2CCC[C@H](c3[nH]ncc3-c3ccccc3)C2)c2ccccc21. The number of fused-ring (bicyclic) bond motifs is 1. The first-order valence-electron chi connectivity index (χ1n) is 10.2. The number of carbonyl (C=O) groups excluding carboxylic acids is 2. The summed E-state index contributed by atoms with van der Waals surface area (Å²) in [6.07, 6.45) is 4.13. The lowest BCUT2D eigenvalue weighted by Crippen LogP contribution is -2.41. The molecule has 0 radical (unpaired) electrons. The lowest BCUT2D eigenvalue weighted by Gasteiger charge is -2.34. The number of carbonyl (C=O) groups is 2. The Hall–Kier alpha value is -3.21. The van der Waals surface area contributed by atoms with Crippen molar-refractivity contribution in [2.75, 3.05) is 13.1 Å². The molecule has 0 spiro atoms. The Morgan fingerprint density at radius 3 is 2.69 bits per heavy atom. The molecule has 1 saturated heterocycles. The molecule has 0 saturated carbocycles. The Balaban J connectivity index is 1.38. The van der Waals surface area contributed by atoms with Gasteiger partial charge in [0.15, 0.2) is 5.78 Å². The number of aromatic amines is 1. The highest BCUT2D eigenvalue weighted by Crippen LogP contribution is 2.37. The van der Waals surface area contributed by atoms with Crippen molar-refractivity contribution in [3.63, 3.8) is 0 Å². The van der Waals surface area contributed by atoms with Crippen LogP contribution in [0.4, 0.5) is 0 Å². The van der Waals surface area contributed by atoms with Gasteiger partial charge in [-0.1, -0.05) is 54.6 Å². The average molecular weight is 385 g/mol. The van der Waals surface area contributed by atoms with E-state index in [0.717, 1.165) is 41.8 Å². The summed E-state index contributed by atoms with van der Waals surface area (Å²) in [5.74, 6) is 0.0341. The van der Waals surface area contributed by atoms with E-state index in [4.69, 9.17) is 0 Å². The third-order valence-corrected chi connectivity index (χ3v) is 6.22. The number of amides is 1. The molecule has 146 valence electrons. The first-order valence-corrected chi connectivity index (χ1v) is 10.2. The Morgan fingerprint density at radius 1 is 1.03 bits per heavy atom. The number of ketones is 1. The van der Waals surface area contributed by atoms with E-state index in [1.165, 1.54) is 0 Å². The summed E-state index contributed by atoms with van der Waals surface area (Å²) in [5, 5.41) is 7.47. The van der Waals surface area contributed by atoms with Gasteiger partial charge in [-0.2, -0.15) is 5.10 Å². The first-order chi connectivity index (χ1) is 14.2. The number of likely N-dealkylation sites (tertiary alicyclic amines) is 1. The number of hydrogen-bond acceptors (Lipinski definition) is 3. The van der Waals surface area contributed by atoms with Crippen LogP contribution in [-0.4, -0.2) is 39.9 Å². The predicted molar refractivity (Wildman–Crippen MR) is 111 cm³/mol. The molecule has 1 fully saturated rings. The number of nitrogens with one attached hydrogen (secondary N) is 1. The van der Waals surface area contributed by atoms with E-state index in [1.807, 2.05) is 53.6 Å². The van der Waals surface area contributed by atoms with Gasteiger partial charge in [0.05, 0.1) is 12.1 Å². The molecule has 1 N–H and O–H groups in total. The summed E-state index contributed by atoms with van der Waals surface area (Å²) in [5.41, 5.74) is 4.92. The van der Waals surface area contributed by atoms with Crippen molar-refractivity contribution in [2.45, 2.75) is 31.1 Å². The van der Waals surface area contributed by atoms with Crippen LogP contribution in [0.25, 0.3) is 11.1 Å². The minimum atomic E-state index is -0.340. The number of Topliss-reactive ketones (excluding diaryl/α,β-unsaturated/α-hetero) is 1. The summed E-state index contributed by atoms with van der Waals surface area (Å²) >= 11 is 0. The minimum Gasteiger partial charge on any atom is -0.341 e. The third kappa shape index (κ3) is 3.16. The number of hydrogen-bond donors (Lipinski definition) is 1. The summed E-state index contributed by atoms with van der Waals surface area (Å²) < 4.78 is 0. The molecule has 0 unspecified atom stereocenters. The van der Waals surface area contributed by atoms with E-state index in [0.29, 0.717) is 18.5 Å². The zero-order valence-electron chi connectivity index (χ0n) is 16.2. The number of aromatic nitrogens is 2. The molecule has 1 aromatic heterocycles. The van der Waals surface area contributed by atoms with Crippen molar-refractivity contribution >= 4 is 11.7 Å². The van der Waals surface area contributed by atoms with Gasteiger partial charge in [-0.25, -0.2) is 0 Å². The number of rotatable bonds is 3. The van der Waals surface area contributed by atoms with Crippen molar-refractivity contribution in [3.8, 4) is 11.1 Å². The molecule has 3 aromatic rings. The second-order valence-electron chi connectivity index (χ2n) is 7.95. The largest absolute Gasteiger partial charge is 0.341 e. The van der Waals surface area contributed by atoms with E-state index in [1.54, 1.807) is 0 Å². The smallest absolute Gasteiger partial charge is 0.230 e. The molecule has 2 aliphatic rings. The second kappa shape index (κ2) is 7.32. The van der Waals surface area contributed by atoms with Crippen LogP contribution in [0.5, 0.6) is 0 Å². The summed E-state index contributed by atoms with van der Waals surface area (Å²) in [6.45, 7) is 1.41. The van der Waals surface area contributed by atoms with Crippen LogP contribution in [0.15, 0.2) is 60.8 Å². The van der Waals surface area contributed by atoms with Gasteiger partial charge in [0, 0.05) is 42.2 Å². The van der Waals surface area contributed by atoms with Gasteiger partial charge in [0.25, 0.3) is 0 Å². The van der Waals surface area contributed by atoms with Crippen LogP contribution in [0, 0.1) is 0 Å². The Morgan fingerprint density at radius 2 is 1.83 bits per heavy atom. The van der Waals surface area contributed by atoms with Crippen molar-refractivity contribution in [1.29, 1.82) is 0 Å². The fourth-order valence-electron chi connectivity index (χ4n) is 4.77. The molecular formula is C24H23N3O2. The Bertz CT molecular complexity index is 1060. The van der Waals surface area contributed by atoms with E-state index < -0.39 is 0 Å². The van der Waals surface area contributed by atoms with Crippen LogP contribution in [0.2, 0.25) is 0 Å². The maximum atomic E-state index is 13.3. The zero-order valence-corrected chi connectivity index (χ0v) is 16.2. The van der Waals surface area contributed by atoms with Crippen LogP contribution in [0.1, 0.15) is 52.7 Å². The maximum absolute atomic E-state index is 13.3. The van der Waals surface area contributed by atoms with Gasteiger partial charge >= 0.3 is 0 Å². The van der Waals surface area contributed by atoms with Crippen molar-refractivity contribution < 1.29 is 9.59 Å². The van der Waals surface area contributed by atoms with Gasteiger partial charge < -0.3 is 4.90 Å². The van der Waals surface area contributed by atoms with Crippen LogP contribution >= 0.6 is 0 Å². The molecule has 1 amide bonds. The predicted octanol–water partition coefficient (Wildman–Crippen LogP) is 4.15. The van der Waals surface area contributed by atoms with E-state index in [9.17, 15) is 9.59 Å². The summed E-state index contributed by atoms with van der Waals surface area (Å²) in [7, 11) is 0. The maximum Gasteiger partial charge on any atom is 0.230 e. The molecule has 29 heavy (non-hydrogen) atoms. The Labute approximate surface area is 169 Å². The molecule has 2 heterocycles. The minimum absolute atomic E-state index is 0.0763. The average Bonchev–Trinajstić information content (AvgIpc) is 3.39. The second-order valence-corrected chi connectivity index (χ2v) is 7.95. The number of benzene rings is 2. The highest BCUT2D eigenvalue weighted by Gasteiger charge is 2.38. The van der Waals surface area contributed by atoms with Crippen LogP contribution < -0.4 is 0 Å². The number of H-pyrrole nitrogens is 1. The lowest BCUT2D eigenvalue weighted by atomic mass is 9.89. The fourth-order valence-corrected chi connectivity index (χ4v) is 4.77. The first kappa shape index (κ1) is 17.9. The molecule has 1 aliphatic heterocycles. The molecular weight excluding hydrogens is 362 g/mol. The third-order valence-electron chi connectivity index (χ3n) is 6.22. The standard InChI is InChI=1S/C24H23N3O2/c28-22-13-20(18-10-4-5-11-19(18)22)24(29)27-12-6-9-17(15-27)23-21(14-25-26-23)16-7-2-1-3-8-16/h1-5,7-8,10-11,14,17,20H,6,9,12-13,15H2,(H,25,26)/t17-,20-/m0/s1. The quantitative estimate of drug-likeness (QED) is 0.736. The van der Waals surface area contributed by atoms with E-state index in [-0.39, 0.29) is 23.5 Å². The van der Waals surface area contributed by atoms with E-state index in [2.05, 4.69) is 22.3 Å². The van der Waals surface area contributed by atoms with Gasteiger partial charge in [-0.05, 0) is 24.0 Å². The van der Waals surface area contributed by atoms with Crippen LogP contribution in [0.3, 0.4) is 0 Å². The molecule has 1 aliphatic carbocycles. The highest BCUT2D eigenvalue weighted by atomic mass is 16.2. The molecule has 2 aromatic carbocycles. The normalized spacial score (nSPS) is 21.2. The number of nitrogens with zero attached hydrogens (tertiary/aromatic N) is 2. The van der Waals surface area contributed by atoms with Gasteiger partial charge in [-0.15, -0.1) is 0 Å². The van der Waals surface area contributed by atoms with Crippen molar-refractivity contribution in [2.24, 2.45) is 0 Å². The molecule has 5 heteroatoms. The molecule has 5 nitrogen and oxygen atoms in total. The van der Waals surface area contributed by atoms with Crippen molar-refractivity contribution in [1.82, 2.24) is 15.1 Å². The monoisotopic (exact) mass is 385 g/mol. The topological polar surface area (TPSA) is 66.1 Å². The Kier molecular flexibility index (Phi) is 4.51. The summed E-state index contributed by atoms with van der Waals surface area (Å²) in [6, 6.07) is 17.8. The highest BCUT2D eigenvalue weighted by molar-refractivity contribution is 6.06. The van der Waals surface area contributed by atoms with Gasteiger partial charge in [0.2, 0.25) is 5.91 Å². The van der Waals surface area contributed by atoms with Crippen molar-refractivity contribution in [3.05, 3.63) is 77.6 Å². The van der Waals surface area contributed by atoms with E-state index >= 15 is 0 Å². The van der Waals surface area contributed by atoms with Crippen LogP contribution in [-0.2, 0) is 4.79 Å². The molecule has 0 bridgehead atoms. The molecule has 2 atom stereocenters. The zero-order chi connectivity index (χ0) is 19.8. The summed E-state index contributed by atoms with van der Waals surface area (Å²) in [4.78, 5) is 27.6. The fraction of sp³-hybridized carbons (Fsp3) is 0.292. The van der Waals surface area contributed by atoms with Gasteiger partial charge in [-0.3, -0.25) is 14.7 Å². The number of piperidine rings is 1. The van der Waals surface area contributed by atoms with Gasteiger partial charge in [0.1, 0.15) is 0 Å². The lowest BCUT2D eigenvalue weighted by molar-refractivity contribution is -0.133.